The quantitative estimate of drug-likeness (QED) is 0.615. The Labute approximate surface area is 161 Å². The van der Waals surface area contributed by atoms with Gasteiger partial charge in [-0.25, -0.2) is 0 Å². The monoisotopic (exact) mass is 389 g/mol. The van der Waals surface area contributed by atoms with Crippen molar-refractivity contribution in [2.24, 2.45) is 0 Å². The van der Waals surface area contributed by atoms with Crippen molar-refractivity contribution in [3.8, 4) is 5.75 Å². The van der Waals surface area contributed by atoms with Crippen molar-refractivity contribution in [1.82, 2.24) is 15.2 Å². The maximum Gasteiger partial charge on any atom is 0.244 e. The largest absolute Gasteiger partial charge is 0.495 e. The number of aromatic nitrogens is 3. The number of halogens is 2. The van der Waals surface area contributed by atoms with Crippen LogP contribution < -0.4 is 15.4 Å². The fourth-order valence-electron chi connectivity index (χ4n) is 2.36. The highest BCUT2D eigenvalue weighted by Crippen LogP contribution is 2.26. The van der Waals surface area contributed by atoms with E-state index in [2.05, 4.69) is 25.8 Å². The highest BCUT2D eigenvalue weighted by Gasteiger charge is 2.06. The van der Waals surface area contributed by atoms with Crippen molar-refractivity contribution in [2.75, 3.05) is 24.3 Å². The van der Waals surface area contributed by atoms with Gasteiger partial charge in [-0.15, -0.1) is 5.10 Å². The Bertz CT molecular complexity index is 891. The fraction of sp³-hybridized carbons (Fsp3) is 0.167. The Hall–Kier alpha value is -2.57. The fourth-order valence-corrected chi connectivity index (χ4v) is 2.86. The van der Waals surface area contributed by atoms with E-state index in [1.54, 1.807) is 19.4 Å². The van der Waals surface area contributed by atoms with Gasteiger partial charge in [0.1, 0.15) is 5.75 Å². The minimum atomic E-state index is 0.426. The van der Waals surface area contributed by atoms with Gasteiger partial charge in [-0.05, 0) is 36.2 Å². The zero-order chi connectivity index (χ0) is 18.4. The van der Waals surface area contributed by atoms with E-state index in [9.17, 15) is 0 Å². The number of para-hydroxylation sites is 2. The molecule has 8 heteroatoms. The second-order valence-corrected chi connectivity index (χ2v) is 6.25. The molecule has 26 heavy (non-hydrogen) atoms. The third kappa shape index (κ3) is 4.74. The normalized spacial score (nSPS) is 10.4. The van der Waals surface area contributed by atoms with E-state index in [0.717, 1.165) is 17.0 Å². The molecule has 0 saturated carbocycles. The number of methoxy groups -OCH3 is 1. The van der Waals surface area contributed by atoms with E-state index in [1.165, 1.54) is 0 Å². The van der Waals surface area contributed by atoms with Crippen molar-refractivity contribution in [3.63, 3.8) is 0 Å². The summed E-state index contributed by atoms with van der Waals surface area (Å²) in [6.07, 6.45) is 2.26. The molecule has 1 heterocycles. The molecule has 0 aliphatic rings. The molecule has 134 valence electrons. The molecule has 0 atom stereocenters. The Balaban J connectivity index is 1.62. The van der Waals surface area contributed by atoms with Crippen LogP contribution in [-0.4, -0.2) is 28.8 Å². The molecule has 0 aliphatic carbocycles. The number of nitrogens with zero attached hydrogens (tertiary/aromatic N) is 3. The molecule has 0 radical (unpaired) electrons. The highest BCUT2D eigenvalue weighted by atomic mass is 35.5. The minimum absolute atomic E-state index is 0.426. The van der Waals surface area contributed by atoms with Crippen LogP contribution in [0.2, 0.25) is 10.0 Å². The van der Waals surface area contributed by atoms with Gasteiger partial charge in [-0.2, -0.15) is 10.1 Å². The summed E-state index contributed by atoms with van der Waals surface area (Å²) >= 11 is 12.1. The minimum Gasteiger partial charge on any atom is -0.495 e. The van der Waals surface area contributed by atoms with Crippen LogP contribution in [0.4, 0.5) is 17.5 Å². The van der Waals surface area contributed by atoms with Crippen molar-refractivity contribution in [2.45, 2.75) is 6.42 Å². The molecule has 0 aliphatic heterocycles. The number of nitrogens with one attached hydrogen (secondary N) is 2. The predicted molar refractivity (Wildman–Crippen MR) is 105 cm³/mol. The number of hydrogen-bond donors (Lipinski definition) is 2. The van der Waals surface area contributed by atoms with E-state index in [4.69, 9.17) is 27.9 Å². The molecule has 3 aromatic rings. The maximum absolute atomic E-state index is 6.18. The van der Waals surface area contributed by atoms with Gasteiger partial charge in [-0.1, -0.05) is 41.4 Å². The summed E-state index contributed by atoms with van der Waals surface area (Å²) in [5, 5.41) is 15.5. The number of anilines is 3. The second-order valence-electron chi connectivity index (χ2n) is 5.40. The maximum atomic E-state index is 6.18. The molecule has 2 N–H and O–H groups in total. The summed E-state index contributed by atoms with van der Waals surface area (Å²) in [6.45, 7) is 0.612. The van der Waals surface area contributed by atoms with Crippen molar-refractivity contribution >= 4 is 40.7 Å². The molecule has 0 fully saturated rings. The van der Waals surface area contributed by atoms with Crippen LogP contribution in [0.25, 0.3) is 0 Å². The molecule has 0 saturated heterocycles. The van der Waals surface area contributed by atoms with Crippen LogP contribution in [0.15, 0.2) is 48.7 Å². The first-order valence-electron chi connectivity index (χ1n) is 7.93. The van der Waals surface area contributed by atoms with Crippen molar-refractivity contribution in [3.05, 3.63) is 64.3 Å². The van der Waals surface area contributed by atoms with E-state index < -0.39 is 0 Å². The second kappa shape index (κ2) is 8.69. The average Bonchev–Trinajstić information content (AvgIpc) is 2.64. The Kier molecular flexibility index (Phi) is 6.09. The lowest BCUT2D eigenvalue weighted by atomic mass is 10.1. The average molecular weight is 390 g/mol. The summed E-state index contributed by atoms with van der Waals surface area (Å²) in [7, 11) is 1.62. The molecule has 0 spiro atoms. The van der Waals surface area contributed by atoms with Crippen LogP contribution in [0.3, 0.4) is 0 Å². The number of ether oxygens (including phenoxy) is 1. The van der Waals surface area contributed by atoms with E-state index in [0.29, 0.717) is 34.8 Å². The first-order chi connectivity index (χ1) is 12.7. The van der Waals surface area contributed by atoms with E-state index in [1.807, 2.05) is 36.4 Å². The first-order valence-corrected chi connectivity index (χ1v) is 8.69. The molecule has 1 aromatic heterocycles. The zero-order valence-electron chi connectivity index (χ0n) is 14.0. The third-order valence-electron chi connectivity index (χ3n) is 3.62. The molecule has 0 bridgehead atoms. The first kappa shape index (κ1) is 18.2. The Morgan fingerprint density at radius 3 is 2.77 bits per heavy atom. The summed E-state index contributed by atoms with van der Waals surface area (Å²) < 4.78 is 5.32. The van der Waals surface area contributed by atoms with Crippen LogP contribution in [0.5, 0.6) is 5.75 Å². The van der Waals surface area contributed by atoms with Crippen molar-refractivity contribution < 1.29 is 4.74 Å². The number of benzene rings is 2. The summed E-state index contributed by atoms with van der Waals surface area (Å²) in [5.41, 5.74) is 1.80. The third-order valence-corrected chi connectivity index (χ3v) is 4.21. The molecule has 0 unspecified atom stereocenters. The number of rotatable bonds is 7. The molecule has 2 aromatic carbocycles. The smallest absolute Gasteiger partial charge is 0.244 e. The lowest BCUT2D eigenvalue weighted by molar-refractivity contribution is 0.417. The summed E-state index contributed by atoms with van der Waals surface area (Å²) in [4.78, 5) is 4.41. The van der Waals surface area contributed by atoms with Gasteiger partial charge in [0.15, 0.2) is 5.82 Å². The van der Waals surface area contributed by atoms with E-state index in [-0.39, 0.29) is 0 Å². The Morgan fingerprint density at radius 1 is 1.12 bits per heavy atom. The van der Waals surface area contributed by atoms with Crippen LogP contribution >= 0.6 is 23.2 Å². The zero-order valence-corrected chi connectivity index (χ0v) is 15.6. The molecular weight excluding hydrogens is 373 g/mol. The molecular formula is C18H17Cl2N5O. The summed E-state index contributed by atoms with van der Waals surface area (Å²) in [6, 6.07) is 13.0. The summed E-state index contributed by atoms with van der Waals surface area (Å²) in [5.74, 6) is 1.71. The van der Waals surface area contributed by atoms with Gasteiger partial charge in [-0.3, -0.25) is 0 Å². The standard InChI is InChI=1S/C18H17Cl2N5O/c1-26-16-5-3-2-4-15(16)23-17-11-22-25-18(24-17)21-9-8-12-6-7-13(19)10-14(12)20/h2-7,10-11H,8-9H2,1H3,(H2,21,23,24,25). The lowest BCUT2D eigenvalue weighted by Crippen LogP contribution is -2.10. The van der Waals surface area contributed by atoms with Crippen LogP contribution in [0, 0.1) is 0 Å². The lowest BCUT2D eigenvalue weighted by Gasteiger charge is -2.11. The molecule has 3 rings (SSSR count). The van der Waals surface area contributed by atoms with Crippen molar-refractivity contribution in [1.29, 1.82) is 0 Å². The topological polar surface area (TPSA) is 72.0 Å². The SMILES string of the molecule is COc1ccccc1Nc1cnnc(NCCc2ccc(Cl)cc2Cl)n1. The van der Waals surface area contributed by atoms with Crippen LogP contribution in [0.1, 0.15) is 5.56 Å². The van der Waals surface area contributed by atoms with Crippen LogP contribution in [-0.2, 0) is 6.42 Å². The molecule has 0 amide bonds. The van der Waals surface area contributed by atoms with Gasteiger partial charge >= 0.3 is 0 Å². The van der Waals surface area contributed by atoms with Gasteiger partial charge < -0.3 is 15.4 Å². The Morgan fingerprint density at radius 2 is 1.96 bits per heavy atom. The van der Waals surface area contributed by atoms with Gasteiger partial charge in [0, 0.05) is 16.6 Å². The van der Waals surface area contributed by atoms with Gasteiger partial charge in [0.25, 0.3) is 0 Å². The number of hydrogen-bond acceptors (Lipinski definition) is 6. The predicted octanol–water partition coefficient (Wildman–Crippen LogP) is 4.59. The van der Waals surface area contributed by atoms with Gasteiger partial charge in [0.2, 0.25) is 5.95 Å². The van der Waals surface area contributed by atoms with Gasteiger partial charge in [0.05, 0.1) is 19.0 Å². The van der Waals surface area contributed by atoms with E-state index >= 15 is 0 Å². The molecule has 6 nitrogen and oxygen atoms in total. The highest BCUT2D eigenvalue weighted by molar-refractivity contribution is 6.35.